The number of piperidine rings is 1. The van der Waals surface area contributed by atoms with Gasteiger partial charge in [-0.05, 0) is 44.1 Å². The van der Waals surface area contributed by atoms with E-state index < -0.39 is 30.2 Å². The van der Waals surface area contributed by atoms with Crippen molar-refractivity contribution in [2.45, 2.75) is 84.0 Å². The van der Waals surface area contributed by atoms with Crippen LogP contribution in [0, 0.1) is 17.8 Å². The van der Waals surface area contributed by atoms with E-state index in [2.05, 4.69) is 5.32 Å². The van der Waals surface area contributed by atoms with E-state index in [1.54, 1.807) is 32.9 Å². The molecule has 1 saturated heterocycles. The molecule has 0 radical (unpaired) electrons. The lowest BCUT2D eigenvalue weighted by Crippen LogP contribution is -2.39. The lowest BCUT2D eigenvalue weighted by atomic mass is 9.87. The molecule has 2 amide bonds. The molecular formula is C26H37NO7. The third-order valence-corrected chi connectivity index (χ3v) is 6.36. The molecule has 34 heavy (non-hydrogen) atoms. The molecule has 2 aliphatic rings. The van der Waals surface area contributed by atoms with E-state index in [0.717, 1.165) is 6.42 Å². The molecule has 0 saturated carbocycles. The molecule has 2 rings (SSSR count). The van der Waals surface area contributed by atoms with Crippen LogP contribution in [0.25, 0.3) is 0 Å². The smallest absolute Gasteiger partial charge is 0.331 e. The van der Waals surface area contributed by atoms with Crippen molar-refractivity contribution >= 4 is 23.6 Å². The standard InChI is InChI=1S/C26H37NO7/c1-16(22(30)15-20(28)12-19-13-23(31)27-24(32)14-19)11-17(2)26-18(3)21(29)9-7-5-4-6-8-10-25(33)34-26/h5,7-8,10-11,16,18-21,26,28-29H,4,6,9,12-15H2,1-3H3,(H,27,31,32)/b7-5+,10-8+,17-11+/t16-,18-,20+,21+,26?/m0/s1. The van der Waals surface area contributed by atoms with Crippen LogP contribution in [0.2, 0.25) is 0 Å². The van der Waals surface area contributed by atoms with E-state index in [1.165, 1.54) is 6.08 Å². The largest absolute Gasteiger partial charge is 0.454 e. The number of carbonyl (C=O) groups excluding carboxylic acids is 4. The minimum Gasteiger partial charge on any atom is -0.454 e. The summed E-state index contributed by atoms with van der Waals surface area (Å²) in [7, 11) is 0. The summed E-state index contributed by atoms with van der Waals surface area (Å²) in [5, 5.41) is 23.2. The van der Waals surface area contributed by atoms with Gasteiger partial charge in [-0.15, -0.1) is 0 Å². The summed E-state index contributed by atoms with van der Waals surface area (Å²) in [6.45, 7) is 5.28. The Morgan fingerprint density at radius 2 is 1.82 bits per heavy atom. The number of aliphatic hydroxyl groups excluding tert-OH is 2. The fraction of sp³-hybridized carbons (Fsp3) is 0.615. The zero-order chi connectivity index (χ0) is 25.3. The van der Waals surface area contributed by atoms with Gasteiger partial charge in [0, 0.05) is 37.2 Å². The van der Waals surface area contributed by atoms with Crippen LogP contribution in [-0.4, -0.2) is 52.1 Å². The number of esters is 1. The van der Waals surface area contributed by atoms with Crippen molar-refractivity contribution in [3.8, 4) is 0 Å². The van der Waals surface area contributed by atoms with E-state index in [1.807, 2.05) is 12.2 Å². The number of Topliss-reactive ketones (excluding diaryl/α,β-unsaturated/α-hetero) is 1. The van der Waals surface area contributed by atoms with Crippen molar-refractivity contribution < 1.29 is 34.1 Å². The summed E-state index contributed by atoms with van der Waals surface area (Å²) in [4.78, 5) is 48.0. The number of ketones is 1. The average Bonchev–Trinajstić information content (AvgIpc) is 2.74. The predicted molar refractivity (Wildman–Crippen MR) is 126 cm³/mol. The lowest BCUT2D eigenvalue weighted by Gasteiger charge is -2.28. The van der Waals surface area contributed by atoms with Crippen molar-refractivity contribution in [1.29, 1.82) is 0 Å². The Kier molecular flexibility index (Phi) is 10.9. The third-order valence-electron chi connectivity index (χ3n) is 6.36. The van der Waals surface area contributed by atoms with Gasteiger partial charge in [0.2, 0.25) is 11.8 Å². The number of carbonyl (C=O) groups is 4. The van der Waals surface area contributed by atoms with Crippen LogP contribution in [0.3, 0.4) is 0 Å². The first-order chi connectivity index (χ1) is 16.1. The van der Waals surface area contributed by atoms with Gasteiger partial charge < -0.3 is 14.9 Å². The zero-order valence-corrected chi connectivity index (χ0v) is 20.2. The van der Waals surface area contributed by atoms with Gasteiger partial charge in [-0.25, -0.2) is 4.79 Å². The summed E-state index contributed by atoms with van der Waals surface area (Å²) >= 11 is 0. The number of cyclic esters (lactones) is 1. The Morgan fingerprint density at radius 1 is 1.18 bits per heavy atom. The minimum absolute atomic E-state index is 0.104. The highest BCUT2D eigenvalue weighted by Gasteiger charge is 2.30. The van der Waals surface area contributed by atoms with Crippen LogP contribution in [0.4, 0.5) is 0 Å². The zero-order valence-electron chi connectivity index (χ0n) is 20.2. The maximum Gasteiger partial charge on any atom is 0.331 e. The number of rotatable bonds is 7. The maximum atomic E-state index is 12.7. The van der Waals surface area contributed by atoms with Gasteiger partial charge >= 0.3 is 5.97 Å². The van der Waals surface area contributed by atoms with E-state index >= 15 is 0 Å². The minimum atomic E-state index is -0.954. The Balaban J connectivity index is 2.03. The molecule has 8 nitrogen and oxygen atoms in total. The fourth-order valence-corrected chi connectivity index (χ4v) is 4.41. The lowest BCUT2D eigenvalue weighted by molar-refractivity contribution is -0.145. The van der Waals surface area contributed by atoms with Crippen molar-refractivity contribution in [2.24, 2.45) is 17.8 Å². The maximum absolute atomic E-state index is 12.7. The third kappa shape index (κ3) is 8.99. The van der Waals surface area contributed by atoms with Gasteiger partial charge in [0.05, 0.1) is 12.2 Å². The van der Waals surface area contributed by atoms with Crippen molar-refractivity contribution in [2.75, 3.05) is 0 Å². The monoisotopic (exact) mass is 475 g/mol. The molecule has 1 unspecified atom stereocenters. The number of hydrogen-bond acceptors (Lipinski definition) is 7. The number of ether oxygens (including phenoxy) is 1. The number of amides is 2. The average molecular weight is 476 g/mol. The second kappa shape index (κ2) is 13.3. The highest BCUT2D eigenvalue weighted by atomic mass is 16.5. The van der Waals surface area contributed by atoms with Crippen LogP contribution in [0.15, 0.2) is 36.0 Å². The quantitative estimate of drug-likeness (QED) is 0.293. The summed E-state index contributed by atoms with van der Waals surface area (Å²) in [5.74, 6) is -2.64. The molecule has 2 aliphatic heterocycles. The SMILES string of the molecule is C/C(=C\[C@H](C)C(=O)C[C@H](O)CC1CC(=O)NC(=O)C1)C1OC(=O)/C=C/CC/C=C/C[C@@H](O)[C@@H]1C. The van der Waals surface area contributed by atoms with Gasteiger partial charge in [-0.3, -0.25) is 19.7 Å². The summed E-state index contributed by atoms with van der Waals surface area (Å²) in [5.41, 5.74) is 0.652. The van der Waals surface area contributed by atoms with E-state index in [0.29, 0.717) is 18.4 Å². The molecule has 0 aromatic rings. The summed E-state index contributed by atoms with van der Waals surface area (Å²) in [6, 6.07) is 0. The van der Waals surface area contributed by atoms with E-state index in [9.17, 15) is 29.4 Å². The van der Waals surface area contributed by atoms with Crippen LogP contribution in [0.1, 0.15) is 65.7 Å². The molecule has 0 aliphatic carbocycles. The van der Waals surface area contributed by atoms with Gasteiger partial charge in [0.15, 0.2) is 0 Å². The molecule has 8 heteroatoms. The Bertz CT molecular complexity index is 828. The van der Waals surface area contributed by atoms with E-state index in [-0.39, 0.29) is 55.1 Å². The molecule has 1 fully saturated rings. The highest BCUT2D eigenvalue weighted by Crippen LogP contribution is 2.25. The van der Waals surface area contributed by atoms with Crippen molar-refractivity contribution in [3.05, 3.63) is 36.0 Å². The summed E-state index contributed by atoms with van der Waals surface area (Å²) in [6.07, 6.45) is 8.69. The van der Waals surface area contributed by atoms with Gasteiger partial charge in [0.25, 0.3) is 0 Å². The molecule has 3 N–H and O–H groups in total. The topological polar surface area (TPSA) is 130 Å². The number of allylic oxidation sites excluding steroid dienone is 3. The van der Waals surface area contributed by atoms with Gasteiger partial charge in [-0.1, -0.05) is 38.2 Å². The van der Waals surface area contributed by atoms with Gasteiger partial charge in [-0.2, -0.15) is 0 Å². The number of imide groups is 1. The number of hydrogen-bond donors (Lipinski definition) is 3. The molecule has 0 aromatic carbocycles. The predicted octanol–water partition coefficient (Wildman–Crippen LogP) is 2.54. The molecule has 0 spiro atoms. The molecule has 5 atom stereocenters. The molecule has 188 valence electrons. The first kappa shape index (κ1) is 27.7. The van der Waals surface area contributed by atoms with Crippen LogP contribution >= 0.6 is 0 Å². The number of nitrogens with one attached hydrogen (secondary N) is 1. The van der Waals surface area contributed by atoms with Crippen molar-refractivity contribution in [3.63, 3.8) is 0 Å². The first-order valence-electron chi connectivity index (χ1n) is 12.0. The van der Waals surface area contributed by atoms with Crippen LogP contribution in [0.5, 0.6) is 0 Å². The van der Waals surface area contributed by atoms with Crippen molar-refractivity contribution in [1.82, 2.24) is 5.32 Å². The Labute approximate surface area is 201 Å². The first-order valence-corrected chi connectivity index (χ1v) is 12.0. The summed E-state index contributed by atoms with van der Waals surface area (Å²) < 4.78 is 5.64. The highest BCUT2D eigenvalue weighted by molar-refractivity contribution is 5.97. The van der Waals surface area contributed by atoms with Crippen LogP contribution < -0.4 is 5.32 Å². The normalized spacial score (nSPS) is 29.1. The van der Waals surface area contributed by atoms with E-state index in [4.69, 9.17) is 4.74 Å². The number of aliphatic hydroxyl groups is 2. The van der Waals surface area contributed by atoms with Crippen LogP contribution in [-0.2, 0) is 23.9 Å². The Hall–Kier alpha value is -2.58. The Morgan fingerprint density at radius 3 is 2.50 bits per heavy atom. The molecule has 2 heterocycles. The second-order valence-electron chi connectivity index (χ2n) is 9.48. The molecule has 0 aromatic heterocycles. The van der Waals surface area contributed by atoms with Gasteiger partial charge in [0.1, 0.15) is 11.9 Å². The molecule has 0 bridgehead atoms. The molecular weight excluding hydrogens is 438 g/mol. The second-order valence-corrected chi connectivity index (χ2v) is 9.48. The fourth-order valence-electron chi connectivity index (χ4n) is 4.41.